The lowest BCUT2D eigenvalue weighted by molar-refractivity contribution is 0.176. The summed E-state index contributed by atoms with van der Waals surface area (Å²) >= 11 is 0. The van der Waals surface area contributed by atoms with Crippen molar-refractivity contribution in [2.24, 2.45) is 0 Å². The van der Waals surface area contributed by atoms with Crippen LogP contribution in [0.5, 0.6) is 11.5 Å². The molecule has 1 aliphatic heterocycles. The highest BCUT2D eigenvalue weighted by atomic mass is 16.5. The number of fused-ring (bicyclic) bond motifs is 1. The van der Waals surface area contributed by atoms with Crippen molar-refractivity contribution in [3.05, 3.63) is 59.2 Å². The van der Waals surface area contributed by atoms with Crippen molar-refractivity contribution in [1.29, 1.82) is 0 Å². The largest absolute Gasteiger partial charge is 0.508 e. The molecule has 2 heteroatoms. The van der Waals surface area contributed by atoms with Gasteiger partial charge in [0, 0.05) is 6.07 Å². The summed E-state index contributed by atoms with van der Waals surface area (Å²) in [5, 5.41) is 9.50. The quantitative estimate of drug-likeness (QED) is 0.822. The molecule has 1 heterocycles. The molecule has 1 atom stereocenters. The van der Waals surface area contributed by atoms with Crippen LogP contribution in [0.2, 0.25) is 0 Å². The van der Waals surface area contributed by atoms with Crippen LogP contribution in [-0.2, 0) is 6.42 Å². The Kier molecular flexibility index (Phi) is 2.71. The average Bonchev–Trinajstić information content (AvgIpc) is 2.38. The van der Waals surface area contributed by atoms with Gasteiger partial charge in [0.15, 0.2) is 0 Å². The first-order valence-electron chi connectivity index (χ1n) is 6.27. The van der Waals surface area contributed by atoms with Gasteiger partial charge in [-0.2, -0.15) is 0 Å². The summed E-state index contributed by atoms with van der Waals surface area (Å²) in [5.74, 6) is 1.07. The topological polar surface area (TPSA) is 29.5 Å². The minimum atomic E-state index is 0.0971. The number of benzene rings is 2. The van der Waals surface area contributed by atoms with Gasteiger partial charge in [0.2, 0.25) is 0 Å². The van der Waals surface area contributed by atoms with Gasteiger partial charge in [-0.05, 0) is 37.0 Å². The molecule has 0 spiro atoms. The average molecular weight is 240 g/mol. The molecule has 0 aromatic heterocycles. The summed E-state index contributed by atoms with van der Waals surface area (Å²) in [6.07, 6.45) is 2.08. The van der Waals surface area contributed by atoms with Crippen molar-refractivity contribution < 1.29 is 9.84 Å². The molecule has 2 nitrogen and oxygen atoms in total. The molecule has 1 N–H and O–H groups in total. The van der Waals surface area contributed by atoms with Gasteiger partial charge in [-0.15, -0.1) is 0 Å². The lowest BCUT2D eigenvalue weighted by Crippen LogP contribution is -2.14. The highest BCUT2D eigenvalue weighted by molar-refractivity contribution is 5.42. The summed E-state index contributed by atoms with van der Waals surface area (Å²) in [5.41, 5.74) is 3.64. The lowest BCUT2D eigenvalue weighted by atomic mass is 9.97. The Labute approximate surface area is 107 Å². The SMILES string of the molecule is Cc1ccc(C2CCc3ccc(O)cc3O2)cc1. The standard InChI is InChI=1S/C16H16O2/c1-11-2-4-12(5-3-11)15-9-7-13-6-8-14(17)10-16(13)18-15/h2-6,8,10,15,17H,7,9H2,1H3. The minimum absolute atomic E-state index is 0.0971. The van der Waals surface area contributed by atoms with Crippen molar-refractivity contribution in [1.82, 2.24) is 0 Å². The zero-order chi connectivity index (χ0) is 12.5. The van der Waals surface area contributed by atoms with E-state index in [2.05, 4.69) is 31.2 Å². The van der Waals surface area contributed by atoms with Crippen molar-refractivity contribution in [3.8, 4) is 11.5 Å². The van der Waals surface area contributed by atoms with E-state index < -0.39 is 0 Å². The van der Waals surface area contributed by atoms with Gasteiger partial charge in [0.25, 0.3) is 0 Å². The molecule has 0 saturated carbocycles. The number of hydrogen-bond acceptors (Lipinski definition) is 2. The number of phenols is 1. The molecule has 3 rings (SSSR count). The van der Waals surface area contributed by atoms with Crippen molar-refractivity contribution in [2.75, 3.05) is 0 Å². The van der Waals surface area contributed by atoms with E-state index in [4.69, 9.17) is 4.74 Å². The number of rotatable bonds is 1. The van der Waals surface area contributed by atoms with Crippen LogP contribution in [0.3, 0.4) is 0 Å². The van der Waals surface area contributed by atoms with Crippen LogP contribution in [0.25, 0.3) is 0 Å². The summed E-state index contributed by atoms with van der Waals surface area (Å²) in [7, 11) is 0. The van der Waals surface area contributed by atoms with Crippen molar-refractivity contribution >= 4 is 0 Å². The van der Waals surface area contributed by atoms with E-state index in [-0.39, 0.29) is 11.9 Å². The molecule has 2 aromatic rings. The molecule has 1 aliphatic rings. The van der Waals surface area contributed by atoms with Crippen LogP contribution in [0.4, 0.5) is 0 Å². The maximum Gasteiger partial charge on any atom is 0.127 e. The number of aromatic hydroxyl groups is 1. The molecule has 92 valence electrons. The molecule has 0 aliphatic carbocycles. The highest BCUT2D eigenvalue weighted by Crippen LogP contribution is 2.36. The number of hydrogen-bond donors (Lipinski definition) is 1. The second-order valence-electron chi connectivity index (χ2n) is 4.85. The Hall–Kier alpha value is -1.96. The molecule has 18 heavy (non-hydrogen) atoms. The molecule has 1 unspecified atom stereocenters. The molecular formula is C16H16O2. The fourth-order valence-electron chi connectivity index (χ4n) is 2.37. The fourth-order valence-corrected chi connectivity index (χ4v) is 2.37. The normalized spacial score (nSPS) is 17.9. The highest BCUT2D eigenvalue weighted by Gasteiger charge is 2.21. The molecule has 0 saturated heterocycles. The van der Waals surface area contributed by atoms with E-state index in [0.717, 1.165) is 18.6 Å². The van der Waals surface area contributed by atoms with Gasteiger partial charge < -0.3 is 9.84 Å². The Morgan fingerprint density at radius 3 is 2.67 bits per heavy atom. The smallest absolute Gasteiger partial charge is 0.127 e. The van der Waals surface area contributed by atoms with Gasteiger partial charge in [0.05, 0.1) is 0 Å². The maximum atomic E-state index is 9.50. The van der Waals surface area contributed by atoms with E-state index in [1.54, 1.807) is 12.1 Å². The Balaban J connectivity index is 1.88. The van der Waals surface area contributed by atoms with Gasteiger partial charge in [-0.3, -0.25) is 0 Å². The molecule has 0 bridgehead atoms. The Morgan fingerprint density at radius 2 is 1.89 bits per heavy atom. The monoisotopic (exact) mass is 240 g/mol. The molecule has 0 amide bonds. The van der Waals surface area contributed by atoms with E-state index in [9.17, 15) is 5.11 Å². The third-order valence-electron chi connectivity index (χ3n) is 3.44. The molecular weight excluding hydrogens is 224 g/mol. The third-order valence-corrected chi connectivity index (χ3v) is 3.44. The van der Waals surface area contributed by atoms with Crippen LogP contribution in [0.1, 0.15) is 29.2 Å². The van der Waals surface area contributed by atoms with E-state index in [1.807, 2.05) is 6.07 Å². The first-order valence-corrected chi connectivity index (χ1v) is 6.27. The summed E-state index contributed by atoms with van der Waals surface area (Å²) < 4.78 is 5.98. The second-order valence-corrected chi connectivity index (χ2v) is 4.85. The summed E-state index contributed by atoms with van der Waals surface area (Å²) in [4.78, 5) is 0. The maximum absolute atomic E-state index is 9.50. The molecule has 0 fully saturated rings. The van der Waals surface area contributed by atoms with Crippen LogP contribution in [0.15, 0.2) is 42.5 Å². The van der Waals surface area contributed by atoms with E-state index >= 15 is 0 Å². The summed E-state index contributed by atoms with van der Waals surface area (Å²) in [6.45, 7) is 2.08. The van der Waals surface area contributed by atoms with Crippen LogP contribution >= 0.6 is 0 Å². The zero-order valence-corrected chi connectivity index (χ0v) is 10.4. The lowest BCUT2D eigenvalue weighted by Gasteiger charge is -2.26. The zero-order valence-electron chi connectivity index (χ0n) is 10.4. The number of phenolic OH excluding ortho intramolecular Hbond substituents is 1. The second kappa shape index (κ2) is 4.37. The Morgan fingerprint density at radius 1 is 1.11 bits per heavy atom. The first-order chi connectivity index (χ1) is 8.72. The van der Waals surface area contributed by atoms with Gasteiger partial charge in [0.1, 0.15) is 17.6 Å². The minimum Gasteiger partial charge on any atom is -0.508 e. The van der Waals surface area contributed by atoms with Crippen LogP contribution in [-0.4, -0.2) is 5.11 Å². The van der Waals surface area contributed by atoms with Crippen LogP contribution in [0, 0.1) is 6.92 Å². The van der Waals surface area contributed by atoms with Crippen molar-refractivity contribution in [2.45, 2.75) is 25.9 Å². The summed E-state index contributed by atoms with van der Waals surface area (Å²) in [6, 6.07) is 13.8. The Bertz CT molecular complexity index is 558. The van der Waals surface area contributed by atoms with E-state index in [0.29, 0.717) is 0 Å². The van der Waals surface area contributed by atoms with Gasteiger partial charge in [-0.1, -0.05) is 35.9 Å². The third kappa shape index (κ3) is 2.06. The van der Waals surface area contributed by atoms with E-state index in [1.165, 1.54) is 16.7 Å². The molecule has 0 radical (unpaired) electrons. The fraction of sp³-hybridized carbons (Fsp3) is 0.250. The predicted octanol–water partition coefficient (Wildman–Crippen LogP) is 3.77. The number of aryl methyl sites for hydroxylation is 2. The van der Waals surface area contributed by atoms with Gasteiger partial charge >= 0.3 is 0 Å². The van der Waals surface area contributed by atoms with Crippen molar-refractivity contribution in [3.63, 3.8) is 0 Å². The number of ether oxygens (including phenoxy) is 1. The van der Waals surface area contributed by atoms with Crippen LogP contribution < -0.4 is 4.74 Å². The van der Waals surface area contributed by atoms with Gasteiger partial charge in [-0.25, -0.2) is 0 Å². The molecule has 2 aromatic carbocycles. The first kappa shape index (κ1) is 11.1. The predicted molar refractivity (Wildman–Crippen MR) is 71.0 cm³/mol.